The summed E-state index contributed by atoms with van der Waals surface area (Å²) >= 11 is 0. The summed E-state index contributed by atoms with van der Waals surface area (Å²) in [6.07, 6.45) is -1.79. The Labute approximate surface area is 277 Å². The van der Waals surface area contributed by atoms with Crippen molar-refractivity contribution in [2.24, 2.45) is 0 Å². The zero-order valence-corrected chi connectivity index (χ0v) is 29.1. The van der Waals surface area contributed by atoms with Gasteiger partial charge in [-0.25, -0.2) is 0 Å². The van der Waals surface area contributed by atoms with E-state index < -0.39 is 53.4 Å². The Morgan fingerprint density at radius 1 is 0.512 bits per heavy atom. The molecule has 4 atom stereocenters. The van der Waals surface area contributed by atoms with Crippen molar-refractivity contribution in [3.8, 4) is 0 Å². The summed E-state index contributed by atoms with van der Waals surface area (Å²) in [6.45, 7) is 0. The predicted molar refractivity (Wildman–Crippen MR) is 132 cm³/mol. The maximum Gasteiger partial charge on any atom is 1.00 e. The summed E-state index contributed by atoms with van der Waals surface area (Å²) in [5.74, 6) is 0. The molecular formula is C16H32Na2O19P4. The van der Waals surface area contributed by atoms with E-state index in [4.69, 9.17) is 29.4 Å². The van der Waals surface area contributed by atoms with Crippen molar-refractivity contribution in [1.29, 1.82) is 0 Å². The first-order valence-corrected chi connectivity index (χ1v) is 15.3. The van der Waals surface area contributed by atoms with E-state index in [1.54, 1.807) is 12.1 Å². The van der Waals surface area contributed by atoms with E-state index >= 15 is 0 Å². The summed E-state index contributed by atoms with van der Waals surface area (Å²) in [7, 11) is -22.2. The molecule has 0 radical (unpaired) electrons. The molecule has 0 heterocycles. The fraction of sp³-hybridized carbons (Fsp3) is 0.250. The van der Waals surface area contributed by atoms with Crippen LogP contribution in [0.3, 0.4) is 0 Å². The molecule has 2 aromatic carbocycles. The predicted octanol–water partition coefficient (Wildman–Crippen LogP) is -10.9. The van der Waals surface area contributed by atoms with Gasteiger partial charge in [0.1, 0.15) is 0 Å². The van der Waals surface area contributed by atoms with Crippen molar-refractivity contribution in [2.45, 2.75) is 23.0 Å². The molecule has 0 aliphatic carbocycles. The second kappa shape index (κ2) is 21.5. The standard InChI is InChI=1S/2C8H12O7P2.2Na.5H2O/c2*9-8(16(10,11)12,17(13,14)15)6-7-4-2-1-3-5-7;;;;;;;/h2*1-5,9H,6H2,(H2,10,11,12)(H2,13,14,15);;;5*1H2/q;;2*+1;;;;;/p-2. The van der Waals surface area contributed by atoms with Crippen LogP contribution in [0.1, 0.15) is 11.1 Å². The van der Waals surface area contributed by atoms with Crippen LogP contribution < -0.4 is 68.9 Å². The zero-order valence-electron chi connectivity index (χ0n) is 21.5. The first kappa shape index (κ1) is 57.4. The van der Waals surface area contributed by atoms with Crippen LogP contribution in [-0.4, -0.2) is 77.1 Å². The Hall–Kier alpha value is 0.760. The van der Waals surface area contributed by atoms with E-state index in [2.05, 4.69) is 0 Å². The smallest absolute Gasteiger partial charge is 0.776 e. The van der Waals surface area contributed by atoms with Crippen molar-refractivity contribution in [3.63, 3.8) is 0 Å². The molecule has 4 unspecified atom stereocenters. The minimum atomic E-state index is -5.63. The summed E-state index contributed by atoms with van der Waals surface area (Å²) in [5, 5.41) is 12.1. The molecule has 0 fully saturated rings. The molecule has 2 aromatic rings. The fourth-order valence-electron chi connectivity index (χ4n) is 2.47. The monoisotopic (exact) mass is 698 g/mol. The third-order valence-electron chi connectivity index (χ3n) is 4.41. The van der Waals surface area contributed by atoms with Gasteiger partial charge in [0.05, 0.1) is 0 Å². The topological polar surface area (TPSA) is 434 Å². The molecule has 41 heavy (non-hydrogen) atoms. The van der Waals surface area contributed by atoms with Crippen molar-refractivity contribution in [1.82, 2.24) is 0 Å². The molecule has 0 aliphatic heterocycles. The molecule has 0 saturated heterocycles. The summed E-state index contributed by atoms with van der Waals surface area (Å²) < 4.78 is 43.9. The van der Waals surface area contributed by atoms with Gasteiger partial charge in [-0.15, -0.1) is 0 Å². The minimum Gasteiger partial charge on any atom is -0.776 e. The van der Waals surface area contributed by atoms with Crippen LogP contribution >= 0.6 is 30.4 Å². The molecule has 25 heteroatoms. The first-order chi connectivity index (χ1) is 15.2. The second-order valence-corrected chi connectivity index (χ2v) is 14.9. The minimum absolute atomic E-state index is 0. The van der Waals surface area contributed by atoms with Gasteiger partial charge in [0.2, 0.25) is 10.2 Å². The Balaban J connectivity index is -0.0000000963. The van der Waals surface area contributed by atoms with Crippen LogP contribution in [0.25, 0.3) is 0 Å². The van der Waals surface area contributed by atoms with Gasteiger partial charge in [-0.2, -0.15) is 0 Å². The third-order valence-corrected chi connectivity index (χ3v) is 11.8. The Bertz CT molecular complexity index is 1010. The van der Waals surface area contributed by atoms with Gasteiger partial charge in [-0.1, -0.05) is 60.7 Å². The Morgan fingerprint density at radius 3 is 0.854 bits per heavy atom. The largest absolute Gasteiger partial charge is 1.00 e. The average molecular weight is 698 g/mol. The average Bonchev–Trinajstić information content (AvgIpc) is 2.66. The number of aliphatic hydroxyl groups is 2. The van der Waals surface area contributed by atoms with Gasteiger partial charge < -0.3 is 85.9 Å². The number of hydrogen-bond donors (Lipinski definition) is 8. The summed E-state index contributed by atoms with van der Waals surface area (Å²) in [6, 6.07) is 14.7. The van der Waals surface area contributed by atoms with Gasteiger partial charge in [0, 0.05) is 12.8 Å². The van der Waals surface area contributed by atoms with Crippen LogP contribution in [0.5, 0.6) is 0 Å². The van der Waals surface area contributed by atoms with Gasteiger partial charge in [0.15, 0.2) is 15.2 Å². The molecule has 18 N–H and O–H groups in total. The van der Waals surface area contributed by atoms with Crippen LogP contribution in [-0.2, 0) is 31.1 Å². The second-order valence-electron chi connectivity index (χ2n) is 7.00. The maximum absolute atomic E-state index is 11.0. The van der Waals surface area contributed by atoms with Crippen LogP contribution in [0, 0.1) is 0 Å². The number of rotatable bonds is 8. The summed E-state index contributed by atoms with van der Waals surface area (Å²) in [4.78, 5) is 74.9. The van der Waals surface area contributed by atoms with E-state index in [1.807, 2.05) is 0 Å². The molecular weight excluding hydrogens is 666 g/mol. The van der Waals surface area contributed by atoms with Gasteiger partial charge >= 0.3 is 74.3 Å². The Morgan fingerprint density at radius 2 is 0.707 bits per heavy atom. The van der Waals surface area contributed by atoms with E-state index in [1.165, 1.54) is 48.5 Å². The quantitative estimate of drug-likeness (QED) is 0.0938. The molecule has 0 aromatic heterocycles. The van der Waals surface area contributed by atoms with Gasteiger partial charge in [-0.3, -0.25) is 9.13 Å². The number of hydrogen-bond acceptors (Lipinski definition) is 8. The molecule has 0 amide bonds. The molecule has 0 spiro atoms. The normalized spacial score (nSPS) is 16.0. The van der Waals surface area contributed by atoms with E-state index in [0.29, 0.717) is 0 Å². The SMILES string of the molecule is O.O.O.O.O.O=P([O-])(O)C(O)(Cc1ccccc1)P(=O)(O)O.O=P([O-])(O)C(O)(Cc1ccccc1)P(=O)(O)O.[Na+].[Na+]. The molecule has 0 saturated carbocycles. The van der Waals surface area contributed by atoms with Crippen molar-refractivity contribution in [2.75, 3.05) is 0 Å². The zero-order chi connectivity index (χ0) is 26.6. The van der Waals surface area contributed by atoms with Gasteiger partial charge in [0.25, 0.3) is 0 Å². The third kappa shape index (κ3) is 15.5. The van der Waals surface area contributed by atoms with E-state index in [-0.39, 0.29) is 97.6 Å². The van der Waals surface area contributed by atoms with Crippen molar-refractivity contribution >= 4 is 30.4 Å². The van der Waals surface area contributed by atoms with Crippen molar-refractivity contribution in [3.05, 3.63) is 71.8 Å². The maximum atomic E-state index is 11.0. The fourth-order valence-corrected chi connectivity index (χ4v) is 6.65. The van der Waals surface area contributed by atoms with E-state index in [9.17, 15) is 38.3 Å². The van der Waals surface area contributed by atoms with Gasteiger partial charge in [-0.05, 0) is 11.1 Å². The molecule has 19 nitrogen and oxygen atoms in total. The molecule has 0 bridgehead atoms. The van der Waals surface area contributed by atoms with Crippen LogP contribution in [0.15, 0.2) is 60.7 Å². The van der Waals surface area contributed by atoms with E-state index in [0.717, 1.165) is 0 Å². The molecule has 2 rings (SSSR count). The number of benzene rings is 2. The Kier molecular flexibility index (Phi) is 30.1. The van der Waals surface area contributed by atoms with Crippen molar-refractivity contribution < 1.29 is 154 Å². The first-order valence-electron chi connectivity index (χ1n) is 8.87. The van der Waals surface area contributed by atoms with Crippen LogP contribution in [0.4, 0.5) is 0 Å². The molecule has 0 aliphatic rings. The molecule has 232 valence electrons. The van der Waals surface area contributed by atoms with Crippen LogP contribution in [0.2, 0.25) is 0 Å². The summed E-state index contributed by atoms with van der Waals surface area (Å²) in [5.41, 5.74) is 0.340.